The third kappa shape index (κ3) is 10.4. The highest BCUT2D eigenvalue weighted by Crippen LogP contribution is 2.71. The van der Waals surface area contributed by atoms with E-state index in [0.717, 1.165) is 55.2 Å². The molecule has 22 heteroatoms. The van der Waals surface area contributed by atoms with Gasteiger partial charge in [-0.1, -0.05) is 61.9 Å². The minimum atomic E-state index is -1.44. The maximum absolute atomic E-state index is 14.0. The van der Waals surface area contributed by atoms with Gasteiger partial charge in [0.05, 0.1) is 25.2 Å². The standard InChI is InChI=1S/C57H65N5O17/c1-53-20-19-36(64)21-34(53)9-12-37-38-22-42-57(41(66)26-63,54(38,2)24-40(65)49(37)53)78-51(77-42)33-7-3-31(4-8-33)23-55-28-56(29-55,30-55)61-52(75)76-27-32-5-10-35(11-6-32)59-50(74)39(13-17-47(71)72)60-44(68)25-58-43(67)14-18-48(73)79-62-45(69)15-16-46(62)70/h3-8,10-11,19-21,37-40,42,49,51,63,65H,9,12-18,22-30H2,1-2H3,(H,58,67)(H,59,74)(H,60,68)(H,61,75)(H,71,72)/t37-,38-,39-,40-,42+,49+,51-,53-,54-,55?,56?,57+/m0/s1. The van der Waals surface area contributed by atoms with Crippen molar-refractivity contribution in [3.63, 3.8) is 0 Å². The summed E-state index contributed by atoms with van der Waals surface area (Å²) in [5.74, 6) is -6.42. The molecule has 22 nitrogen and oxygen atoms in total. The molecule has 9 aliphatic rings. The number of amides is 6. The average Bonchev–Trinajstić information content (AvgIpc) is 3.75. The topological polar surface area (TPSA) is 320 Å². The fraction of sp³-hybridized carbons (Fsp3) is 0.544. The highest BCUT2D eigenvalue weighted by molar-refractivity contribution is 6.02. The number of carboxylic acid groups (broad SMARTS) is 1. The van der Waals surface area contributed by atoms with Crippen LogP contribution in [-0.2, 0) is 75.2 Å². The molecule has 2 aromatic carbocycles. The first-order valence-corrected chi connectivity index (χ1v) is 26.9. The molecule has 2 heterocycles. The number of carbonyl (C=O) groups is 10. The van der Waals surface area contributed by atoms with Crippen LogP contribution >= 0.6 is 0 Å². The molecule has 420 valence electrons. The summed E-state index contributed by atoms with van der Waals surface area (Å²) in [6.07, 6.45) is 6.09. The van der Waals surface area contributed by atoms with Crippen LogP contribution < -0.4 is 21.3 Å². The molecule has 2 bridgehead atoms. The molecule has 6 saturated carbocycles. The van der Waals surface area contributed by atoms with Gasteiger partial charge in [-0.2, -0.15) is 0 Å². The second-order valence-corrected chi connectivity index (χ2v) is 23.3. The Morgan fingerprint density at radius 1 is 0.873 bits per heavy atom. The molecular weight excluding hydrogens is 1030 g/mol. The number of rotatable bonds is 20. The number of alkyl carbamates (subject to hydrolysis) is 1. The monoisotopic (exact) mass is 1090 g/mol. The van der Waals surface area contributed by atoms with Crippen LogP contribution in [0.2, 0.25) is 0 Å². The number of aliphatic carboxylic acids is 1. The smallest absolute Gasteiger partial charge is 0.407 e. The number of allylic oxidation sites excluding steroid dienone is 4. The minimum absolute atomic E-state index is 0.0113. The predicted molar refractivity (Wildman–Crippen MR) is 273 cm³/mol. The van der Waals surface area contributed by atoms with Crippen molar-refractivity contribution < 1.29 is 82.3 Å². The fourth-order valence-corrected chi connectivity index (χ4v) is 14.8. The Hall–Kier alpha value is -7.14. The van der Waals surface area contributed by atoms with Crippen molar-refractivity contribution >= 4 is 64.8 Å². The molecule has 0 aromatic heterocycles. The lowest BCUT2D eigenvalue weighted by Gasteiger charge is -2.70. The second-order valence-electron chi connectivity index (χ2n) is 23.3. The number of ketones is 2. The number of hydrogen-bond donors (Lipinski definition) is 7. The average molecular weight is 1090 g/mol. The number of fused-ring (bicyclic) bond motifs is 7. The van der Waals surface area contributed by atoms with Gasteiger partial charge in [-0.05, 0) is 110 Å². The van der Waals surface area contributed by atoms with Gasteiger partial charge in [-0.3, -0.25) is 38.4 Å². The molecule has 2 aromatic rings. The van der Waals surface area contributed by atoms with E-state index in [1.807, 2.05) is 37.3 Å². The molecule has 6 amide bonds. The van der Waals surface area contributed by atoms with Crippen molar-refractivity contribution in [1.29, 1.82) is 0 Å². The number of hydroxylamine groups is 2. The number of anilines is 1. The summed E-state index contributed by atoms with van der Waals surface area (Å²) in [6, 6.07) is 13.0. The summed E-state index contributed by atoms with van der Waals surface area (Å²) in [6.45, 7) is 2.73. The Morgan fingerprint density at radius 2 is 1.57 bits per heavy atom. The Labute approximate surface area is 454 Å². The molecule has 10 atom stereocenters. The third-order valence-corrected chi connectivity index (χ3v) is 18.2. The fourth-order valence-electron chi connectivity index (χ4n) is 14.8. The summed E-state index contributed by atoms with van der Waals surface area (Å²) in [5.41, 5.74) is 0.745. The maximum atomic E-state index is 14.0. The minimum Gasteiger partial charge on any atom is -0.481 e. The zero-order chi connectivity index (χ0) is 56.2. The van der Waals surface area contributed by atoms with Crippen LogP contribution in [0.25, 0.3) is 0 Å². The van der Waals surface area contributed by atoms with E-state index in [-0.39, 0.29) is 60.4 Å². The van der Waals surface area contributed by atoms with E-state index in [1.165, 1.54) is 0 Å². The largest absolute Gasteiger partial charge is 0.481 e. The van der Waals surface area contributed by atoms with Crippen LogP contribution in [0.15, 0.2) is 72.3 Å². The molecule has 0 radical (unpaired) electrons. The van der Waals surface area contributed by atoms with Crippen molar-refractivity contribution in [2.45, 2.75) is 146 Å². The van der Waals surface area contributed by atoms with Crippen molar-refractivity contribution in [2.24, 2.45) is 34.0 Å². The van der Waals surface area contributed by atoms with Gasteiger partial charge in [0.2, 0.25) is 17.7 Å². The SMILES string of the molecule is C[C@]12C=CC(=O)C=C1CC[C@@H]1[C@@H]2[C@@H](O)C[C@@]2(C)[C@H]1C[C@H]1O[C@H](c3ccc(CC45CC(NC(=O)OCc6ccc(NC(=O)[C@H](CCC(=O)O)NC(=O)CNC(=O)CCC(=O)ON7C(=O)CCC7=O)cc6)(C4)C5)cc3)O[C@]12C(=O)CO. The molecule has 79 heavy (non-hydrogen) atoms. The normalized spacial score (nSPS) is 32.8. The van der Waals surface area contributed by atoms with Crippen molar-refractivity contribution in [1.82, 2.24) is 21.0 Å². The number of imide groups is 1. The van der Waals surface area contributed by atoms with Gasteiger partial charge in [0.15, 0.2) is 23.5 Å². The Balaban J connectivity index is 0.656. The lowest BCUT2D eigenvalue weighted by molar-refractivity contribution is -0.201. The van der Waals surface area contributed by atoms with Gasteiger partial charge >= 0.3 is 18.0 Å². The molecular formula is C57H65N5O17. The second kappa shape index (κ2) is 21.2. The highest BCUT2D eigenvalue weighted by atomic mass is 16.7. The van der Waals surface area contributed by atoms with Gasteiger partial charge in [0.1, 0.15) is 19.3 Å². The number of carbonyl (C=O) groups excluding carboxylic acids is 9. The molecule has 2 aliphatic heterocycles. The van der Waals surface area contributed by atoms with Crippen molar-refractivity contribution in [2.75, 3.05) is 18.5 Å². The Kier molecular flexibility index (Phi) is 14.8. The van der Waals surface area contributed by atoms with E-state index >= 15 is 0 Å². The molecule has 2 saturated heterocycles. The highest BCUT2D eigenvalue weighted by Gasteiger charge is 2.76. The van der Waals surface area contributed by atoms with E-state index < -0.39 is 127 Å². The van der Waals surface area contributed by atoms with Crippen LogP contribution in [0.3, 0.4) is 0 Å². The van der Waals surface area contributed by atoms with Crippen molar-refractivity contribution in [3.8, 4) is 0 Å². The van der Waals surface area contributed by atoms with E-state index in [1.54, 1.807) is 36.4 Å². The molecule has 0 spiro atoms. The van der Waals surface area contributed by atoms with Crippen LogP contribution in [0.4, 0.5) is 10.5 Å². The summed E-state index contributed by atoms with van der Waals surface area (Å²) < 4.78 is 19.0. The van der Waals surface area contributed by atoms with Crippen molar-refractivity contribution in [3.05, 3.63) is 89.0 Å². The molecule has 11 rings (SSSR count). The van der Waals surface area contributed by atoms with Gasteiger partial charge in [-0.25, -0.2) is 9.59 Å². The first-order chi connectivity index (χ1) is 37.6. The number of carboxylic acids is 1. The number of aliphatic hydroxyl groups excluding tert-OH is 2. The van der Waals surface area contributed by atoms with Gasteiger partial charge in [0, 0.05) is 59.2 Å². The summed E-state index contributed by atoms with van der Waals surface area (Å²) in [5, 5.41) is 42.3. The van der Waals surface area contributed by atoms with Crippen LogP contribution in [0.1, 0.15) is 120 Å². The van der Waals surface area contributed by atoms with E-state index in [4.69, 9.17) is 19.0 Å². The lowest BCUT2D eigenvalue weighted by Crippen LogP contribution is -2.75. The quantitative estimate of drug-likeness (QED) is 0.0934. The van der Waals surface area contributed by atoms with E-state index in [9.17, 15) is 63.3 Å². The number of aliphatic hydroxyl groups is 2. The number of ether oxygens (including phenoxy) is 3. The number of Topliss-reactive ketones (excluding diaryl/α,β-unsaturated/α-hetero) is 1. The summed E-state index contributed by atoms with van der Waals surface area (Å²) >= 11 is 0. The molecule has 7 N–H and O–H groups in total. The predicted octanol–water partition coefficient (Wildman–Crippen LogP) is 3.47. The molecule has 7 aliphatic carbocycles. The summed E-state index contributed by atoms with van der Waals surface area (Å²) in [4.78, 5) is 129. The van der Waals surface area contributed by atoms with Crippen LogP contribution in [0.5, 0.6) is 0 Å². The van der Waals surface area contributed by atoms with E-state index in [0.29, 0.717) is 29.2 Å². The van der Waals surface area contributed by atoms with Crippen LogP contribution in [-0.4, -0.2) is 122 Å². The summed E-state index contributed by atoms with van der Waals surface area (Å²) in [7, 11) is 0. The Morgan fingerprint density at radius 3 is 2.25 bits per heavy atom. The van der Waals surface area contributed by atoms with Crippen LogP contribution in [0, 0.1) is 34.0 Å². The number of nitrogens with one attached hydrogen (secondary N) is 4. The lowest BCUT2D eigenvalue weighted by atomic mass is 9.38. The number of nitrogens with zero attached hydrogens (tertiary/aromatic N) is 1. The Bertz CT molecular complexity index is 2900. The third-order valence-electron chi connectivity index (χ3n) is 18.2. The molecule has 8 fully saturated rings. The van der Waals surface area contributed by atoms with Gasteiger partial charge in [0.25, 0.3) is 11.8 Å². The first-order valence-electron chi connectivity index (χ1n) is 26.9. The zero-order valence-corrected chi connectivity index (χ0v) is 43.9. The maximum Gasteiger partial charge on any atom is 0.407 e. The molecule has 0 unspecified atom stereocenters. The first kappa shape index (κ1) is 55.2. The number of benzene rings is 2. The van der Waals surface area contributed by atoms with Gasteiger partial charge < -0.3 is 55.6 Å². The van der Waals surface area contributed by atoms with Gasteiger partial charge in [-0.15, -0.1) is 5.06 Å². The van der Waals surface area contributed by atoms with E-state index in [2.05, 4.69) is 28.2 Å². The zero-order valence-electron chi connectivity index (χ0n) is 43.9. The number of hydrogen-bond acceptors (Lipinski definition) is 16.